The highest BCUT2D eigenvalue weighted by molar-refractivity contribution is 5.77. The molecule has 148 valence electrons. The molecule has 0 aromatic heterocycles. The Morgan fingerprint density at radius 2 is 1.85 bits per heavy atom. The minimum atomic E-state index is -0.441. The molecule has 1 unspecified atom stereocenters. The first-order chi connectivity index (χ1) is 12.7. The van der Waals surface area contributed by atoms with Crippen LogP contribution in [0.2, 0.25) is 0 Å². The number of nitrogens with zero attached hydrogens (tertiary/aromatic N) is 3. The standard InChI is InChI=1S/C21H31N3O3/c1-20(2,3)27-19(25)22-11-9-16(10-12-22)24-15-23(13-21(4)14-26-21)17-7-5-6-8-18(17)24/h5-8,16H,9-15H2,1-4H3. The van der Waals surface area contributed by atoms with E-state index >= 15 is 0 Å². The number of fused-ring (bicyclic) bond motifs is 1. The summed E-state index contributed by atoms with van der Waals surface area (Å²) in [4.78, 5) is 19.1. The van der Waals surface area contributed by atoms with Crippen LogP contribution in [0.1, 0.15) is 40.5 Å². The predicted molar refractivity (Wildman–Crippen MR) is 106 cm³/mol. The van der Waals surface area contributed by atoms with E-state index in [0.29, 0.717) is 6.04 Å². The highest BCUT2D eigenvalue weighted by atomic mass is 16.6. The van der Waals surface area contributed by atoms with E-state index < -0.39 is 5.60 Å². The Labute approximate surface area is 162 Å². The third kappa shape index (κ3) is 4.00. The Morgan fingerprint density at radius 1 is 1.22 bits per heavy atom. The fourth-order valence-corrected chi connectivity index (χ4v) is 4.06. The summed E-state index contributed by atoms with van der Waals surface area (Å²) in [6.45, 7) is 12.1. The SMILES string of the molecule is CC(C)(C)OC(=O)N1CCC(N2CN(CC3(C)CO3)c3ccccc32)CC1. The van der Waals surface area contributed by atoms with Gasteiger partial charge in [-0.25, -0.2) is 4.79 Å². The fraction of sp³-hybridized carbons (Fsp3) is 0.667. The van der Waals surface area contributed by atoms with Crippen molar-refractivity contribution in [2.45, 2.75) is 57.8 Å². The first-order valence-corrected chi connectivity index (χ1v) is 9.97. The van der Waals surface area contributed by atoms with Gasteiger partial charge in [-0.3, -0.25) is 0 Å². The largest absolute Gasteiger partial charge is 0.444 e. The Balaban J connectivity index is 1.40. The van der Waals surface area contributed by atoms with Gasteiger partial charge < -0.3 is 24.2 Å². The summed E-state index contributed by atoms with van der Waals surface area (Å²) in [6, 6.07) is 9.09. The highest BCUT2D eigenvalue weighted by Crippen LogP contribution is 2.41. The molecule has 0 aliphatic carbocycles. The third-order valence-corrected chi connectivity index (χ3v) is 5.57. The van der Waals surface area contributed by atoms with Crippen molar-refractivity contribution in [3.63, 3.8) is 0 Å². The number of anilines is 2. The molecular weight excluding hydrogens is 342 g/mol. The van der Waals surface area contributed by atoms with E-state index in [1.54, 1.807) is 0 Å². The van der Waals surface area contributed by atoms with Crippen LogP contribution in [0.3, 0.4) is 0 Å². The molecule has 0 spiro atoms. The summed E-state index contributed by atoms with van der Waals surface area (Å²) in [5.41, 5.74) is 2.16. The van der Waals surface area contributed by atoms with E-state index in [1.807, 2.05) is 25.7 Å². The maximum atomic E-state index is 12.3. The van der Waals surface area contributed by atoms with E-state index in [1.165, 1.54) is 11.4 Å². The van der Waals surface area contributed by atoms with Crippen molar-refractivity contribution in [1.82, 2.24) is 4.90 Å². The van der Waals surface area contributed by atoms with E-state index in [9.17, 15) is 4.79 Å². The zero-order valence-corrected chi connectivity index (χ0v) is 16.9. The second-order valence-electron chi connectivity index (χ2n) is 9.24. The normalized spacial score (nSPS) is 25.6. The van der Waals surface area contributed by atoms with Crippen LogP contribution in [0.4, 0.5) is 16.2 Å². The summed E-state index contributed by atoms with van der Waals surface area (Å²) in [7, 11) is 0. The number of piperidine rings is 1. The van der Waals surface area contributed by atoms with Gasteiger partial charge in [0, 0.05) is 19.1 Å². The van der Waals surface area contributed by atoms with Crippen LogP contribution in [-0.4, -0.2) is 61.1 Å². The number of carbonyl (C=O) groups excluding carboxylic acids is 1. The van der Waals surface area contributed by atoms with E-state index in [4.69, 9.17) is 9.47 Å². The zero-order chi connectivity index (χ0) is 19.2. The molecule has 2 saturated heterocycles. The predicted octanol–water partition coefficient (Wildman–Crippen LogP) is 3.46. The fourth-order valence-electron chi connectivity index (χ4n) is 4.06. The number of hydrogen-bond donors (Lipinski definition) is 0. The lowest BCUT2D eigenvalue weighted by Gasteiger charge is -2.38. The van der Waals surface area contributed by atoms with E-state index in [2.05, 4.69) is 41.0 Å². The summed E-state index contributed by atoms with van der Waals surface area (Å²) in [5.74, 6) is 0. The lowest BCUT2D eigenvalue weighted by atomic mass is 10.0. The monoisotopic (exact) mass is 373 g/mol. The maximum Gasteiger partial charge on any atom is 0.410 e. The number of ether oxygens (including phenoxy) is 2. The van der Waals surface area contributed by atoms with Crippen molar-refractivity contribution >= 4 is 17.5 Å². The molecule has 6 heteroatoms. The van der Waals surface area contributed by atoms with Crippen molar-refractivity contribution in [1.29, 1.82) is 0 Å². The summed E-state index contributed by atoms with van der Waals surface area (Å²) in [6.07, 6.45) is 1.74. The van der Waals surface area contributed by atoms with Gasteiger partial charge in [0.25, 0.3) is 0 Å². The molecule has 3 aliphatic rings. The Kier molecular flexibility index (Phi) is 4.49. The lowest BCUT2D eigenvalue weighted by Crippen LogP contribution is -2.49. The number of rotatable bonds is 3. The first kappa shape index (κ1) is 18.4. The molecule has 3 heterocycles. The van der Waals surface area contributed by atoms with Gasteiger partial charge in [0.05, 0.1) is 31.2 Å². The molecule has 0 saturated carbocycles. The summed E-state index contributed by atoms with van der Waals surface area (Å²) < 4.78 is 11.1. The minimum Gasteiger partial charge on any atom is -0.444 e. The summed E-state index contributed by atoms with van der Waals surface area (Å²) >= 11 is 0. The molecule has 1 aromatic carbocycles. The topological polar surface area (TPSA) is 48.6 Å². The smallest absolute Gasteiger partial charge is 0.410 e. The van der Waals surface area contributed by atoms with Gasteiger partial charge in [0.2, 0.25) is 0 Å². The third-order valence-electron chi connectivity index (χ3n) is 5.57. The molecule has 6 nitrogen and oxygen atoms in total. The van der Waals surface area contributed by atoms with Crippen LogP contribution in [0.15, 0.2) is 24.3 Å². The number of hydrogen-bond acceptors (Lipinski definition) is 5. The number of para-hydroxylation sites is 2. The van der Waals surface area contributed by atoms with Crippen molar-refractivity contribution in [3.05, 3.63) is 24.3 Å². The number of epoxide rings is 1. The van der Waals surface area contributed by atoms with Gasteiger partial charge in [-0.05, 0) is 52.7 Å². The van der Waals surface area contributed by atoms with Crippen LogP contribution >= 0.6 is 0 Å². The van der Waals surface area contributed by atoms with Gasteiger partial charge in [0.1, 0.15) is 11.2 Å². The Morgan fingerprint density at radius 3 is 2.44 bits per heavy atom. The van der Waals surface area contributed by atoms with Gasteiger partial charge in [-0.2, -0.15) is 0 Å². The molecule has 1 atom stereocenters. The van der Waals surface area contributed by atoms with E-state index in [-0.39, 0.29) is 11.7 Å². The van der Waals surface area contributed by atoms with Crippen molar-refractivity contribution < 1.29 is 14.3 Å². The molecule has 27 heavy (non-hydrogen) atoms. The molecule has 2 fully saturated rings. The molecule has 3 aliphatic heterocycles. The second kappa shape index (κ2) is 6.59. The van der Waals surface area contributed by atoms with Gasteiger partial charge >= 0.3 is 6.09 Å². The van der Waals surface area contributed by atoms with E-state index in [0.717, 1.165) is 45.8 Å². The average Bonchev–Trinajstić information content (AvgIpc) is 3.23. The number of likely N-dealkylation sites (tertiary alicyclic amines) is 1. The average molecular weight is 373 g/mol. The quantitative estimate of drug-likeness (QED) is 0.760. The van der Waals surface area contributed by atoms with Crippen molar-refractivity contribution in [3.8, 4) is 0 Å². The van der Waals surface area contributed by atoms with Gasteiger partial charge in [-0.1, -0.05) is 12.1 Å². The van der Waals surface area contributed by atoms with Gasteiger partial charge in [-0.15, -0.1) is 0 Å². The highest BCUT2D eigenvalue weighted by Gasteiger charge is 2.44. The molecule has 1 amide bonds. The van der Waals surface area contributed by atoms with Crippen LogP contribution in [0, 0.1) is 0 Å². The number of amides is 1. The van der Waals surface area contributed by atoms with Crippen LogP contribution < -0.4 is 9.80 Å². The Hall–Kier alpha value is -1.95. The summed E-state index contributed by atoms with van der Waals surface area (Å²) in [5, 5.41) is 0. The molecule has 0 N–H and O–H groups in total. The second-order valence-corrected chi connectivity index (χ2v) is 9.24. The van der Waals surface area contributed by atoms with Crippen LogP contribution in [0.25, 0.3) is 0 Å². The molecule has 0 bridgehead atoms. The minimum absolute atomic E-state index is 0.00317. The van der Waals surface area contributed by atoms with Crippen molar-refractivity contribution in [2.24, 2.45) is 0 Å². The molecule has 4 rings (SSSR count). The van der Waals surface area contributed by atoms with Crippen LogP contribution in [-0.2, 0) is 9.47 Å². The van der Waals surface area contributed by atoms with Gasteiger partial charge in [0.15, 0.2) is 0 Å². The molecule has 0 radical (unpaired) electrons. The van der Waals surface area contributed by atoms with Crippen LogP contribution in [0.5, 0.6) is 0 Å². The number of benzene rings is 1. The first-order valence-electron chi connectivity index (χ1n) is 9.97. The lowest BCUT2D eigenvalue weighted by molar-refractivity contribution is 0.0205. The zero-order valence-electron chi connectivity index (χ0n) is 16.9. The maximum absolute atomic E-state index is 12.3. The molecule has 1 aromatic rings. The van der Waals surface area contributed by atoms with Crippen molar-refractivity contribution in [2.75, 3.05) is 42.7 Å². The molecular formula is C21H31N3O3. The Bertz CT molecular complexity index is 703. The number of carbonyl (C=O) groups is 1.